The minimum absolute atomic E-state index is 0.181. The number of hydrogen-bond acceptors (Lipinski definition) is 4. The number of nitrogens with zero attached hydrogens (tertiary/aromatic N) is 1. The topological polar surface area (TPSA) is 83.6 Å². The fraction of sp³-hybridized carbons (Fsp3) is 0.538. The molecule has 0 aliphatic carbocycles. The zero-order chi connectivity index (χ0) is 14.0. The second-order valence-electron chi connectivity index (χ2n) is 4.96. The summed E-state index contributed by atoms with van der Waals surface area (Å²) in [5.41, 5.74) is 7.16. The van der Waals surface area contributed by atoms with Crippen LogP contribution in [-0.2, 0) is 16.6 Å². The Morgan fingerprint density at radius 1 is 1.47 bits per heavy atom. The number of hydrogen-bond donors (Lipinski definition) is 2. The van der Waals surface area contributed by atoms with Crippen LogP contribution in [-0.4, -0.2) is 37.0 Å². The number of benzene rings is 1. The minimum atomic E-state index is -3.52. The second-order valence-corrected chi connectivity index (χ2v) is 6.87. The Morgan fingerprint density at radius 2 is 2.21 bits per heavy atom. The summed E-state index contributed by atoms with van der Waals surface area (Å²) in [5, 5.41) is 9.62. The van der Waals surface area contributed by atoms with Crippen LogP contribution in [0.1, 0.15) is 24.0 Å². The van der Waals surface area contributed by atoms with Crippen LogP contribution in [0, 0.1) is 6.92 Å². The van der Waals surface area contributed by atoms with Gasteiger partial charge in [0.05, 0.1) is 11.0 Å². The molecule has 1 aromatic carbocycles. The number of aliphatic hydroxyl groups is 1. The molecule has 0 saturated carbocycles. The van der Waals surface area contributed by atoms with Crippen LogP contribution in [0.4, 0.5) is 0 Å². The third kappa shape index (κ3) is 2.97. The Hall–Kier alpha value is -0.950. The molecule has 1 aromatic rings. The molecule has 1 saturated heterocycles. The first kappa shape index (κ1) is 14.5. The van der Waals surface area contributed by atoms with Crippen LogP contribution in [0.2, 0.25) is 0 Å². The standard InChI is InChI=1S/C13H20N2O3S/c1-10-7-11(8-14)4-5-13(10)19(17,18)15-6-2-3-12(16)9-15/h4-5,7,12,16H,2-3,6,8-9,14H2,1H3. The van der Waals surface area contributed by atoms with E-state index in [1.165, 1.54) is 4.31 Å². The van der Waals surface area contributed by atoms with E-state index in [1.807, 2.05) is 0 Å². The van der Waals surface area contributed by atoms with Gasteiger partial charge in [-0.05, 0) is 37.0 Å². The van der Waals surface area contributed by atoms with Crippen molar-refractivity contribution in [1.82, 2.24) is 4.31 Å². The van der Waals surface area contributed by atoms with Crippen LogP contribution in [0.5, 0.6) is 0 Å². The maximum Gasteiger partial charge on any atom is 0.243 e. The molecule has 0 radical (unpaired) electrons. The average Bonchev–Trinajstić information content (AvgIpc) is 2.38. The van der Waals surface area contributed by atoms with Crippen molar-refractivity contribution in [3.63, 3.8) is 0 Å². The molecule has 5 nitrogen and oxygen atoms in total. The van der Waals surface area contributed by atoms with Gasteiger partial charge in [0.15, 0.2) is 0 Å². The van der Waals surface area contributed by atoms with E-state index in [2.05, 4.69) is 0 Å². The molecule has 1 aliphatic rings. The number of sulfonamides is 1. The van der Waals surface area contributed by atoms with E-state index in [9.17, 15) is 13.5 Å². The molecule has 106 valence electrons. The summed E-state index contributed by atoms with van der Waals surface area (Å²) in [5.74, 6) is 0. The first-order chi connectivity index (χ1) is 8.95. The fourth-order valence-electron chi connectivity index (χ4n) is 2.41. The van der Waals surface area contributed by atoms with Gasteiger partial charge in [-0.15, -0.1) is 0 Å². The van der Waals surface area contributed by atoms with Crippen LogP contribution < -0.4 is 5.73 Å². The zero-order valence-electron chi connectivity index (χ0n) is 11.0. The van der Waals surface area contributed by atoms with Crippen molar-refractivity contribution in [1.29, 1.82) is 0 Å². The maximum atomic E-state index is 12.5. The average molecular weight is 284 g/mol. The van der Waals surface area contributed by atoms with Gasteiger partial charge >= 0.3 is 0 Å². The molecule has 1 aliphatic heterocycles. The Bertz CT molecular complexity index is 557. The monoisotopic (exact) mass is 284 g/mol. The molecular weight excluding hydrogens is 264 g/mol. The lowest BCUT2D eigenvalue weighted by molar-refractivity contribution is 0.108. The molecule has 19 heavy (non-hydrogen) atoms. The molecule has 3 N–H and O–H groups in total. The van der Waals surface area contributed by atoms with Crippen molar-refractivity contribution < 1.29 is 13.5 Å². The van der Waals surface area contributed by atoms with Gasteiger partial charge < -0.3 is 10.8 Å². The summed E-state index contributed by atoms with van der Waals surface area (Å²) in [6, 6.07) is 5.14. The molecule has 1 fully saturated rings. The molecular formula is C13H20N2O3S. The normalized spacial score (nSPS) is 21.5. The number of nitrogens with two attached hydrogens (primary N) is 1. The summed E-state index contributed by atoms with van der Waals surface area (Å²) in [4.78, 5) is 0.304. The van der Waals surface area contributed by atoms with Gasteiger partial charge in [-0.1, -0.05) is 12.1 Å². The van der Waals surface area contributed by atoms with Crippen molar-refractivity contribution in [2.24, 2.45) is 5.73 Å². The highest BCUT2D eigenvalue weighted by molar-refractivity contribution is 7.89. The lowest BCUT2D eigenvalue weighted by Crippen LogP contribution is -2.42. The maximum absolute atomic E-state index is 12.5. The number of aryl methyl sites for hydroxylation is 1. The Morgan fingerprint density at radius 3 is 2.79 bits per heavy atom. The smallest absolute Gasteiger partial charge is 0.243 e. The predicted octanol–water partition coefficient (Wildman–Crippen LogP) is 0.599. The van der Waals surface area contributed by atoms with Gasteiger partial charge in [-0.2, -0.15) is 4.31 Å². The van der Waals surface area contributed by atoms with Gasteiger partial charge in [-0.3, -0.25) is 0 Å². The van der Waals surface area contributed by atoms with Crippen molar-refractivity contribution in [2.75, 3.05) is 13.1 Å². The number of aliphatic hydroxyl groups excluding tert-OH is 1. The van der Waals surface area contributed by atoms with Gasteiger partial charge in [0.2, 0.25) is 10.0 Å². The quantitative estimate of drug-likeness (QED) is 0.851. The van der Waals surface area contributed by atoms with E-state index < -0.39 is 16.1 Å². The summed E-state index contributed by atoms with van der Waals surface area (Å²) in [6.07, 6.45) is 0.796. The highest BCUT2D eigenvalue weighted by Crippen LogP contribution is 2.24. The SMILES string of the molecule is Cc1cc(CN)ccc1S(=O)(=O)N1CCCC(O)C1. The summed E-state index contributed by atoms with van der Waals surface area (Å²) in [7, 11) is -3.52. The van der Waals surface area contributed by atoms with Crippen molar-refractivity contribution in [3.05, 3.63) is 29.3 Å². The van der Waals surface area contributed by atoms with Crippen LogP contribution in [0.15, 0.2) is 23.1 Å². The molecule has 2 rings (SSSR count). The molecule has 6 heteroatoms. The van der Waals surface area contributed by atoms with Crippen molar-refractivity contribution >= 4 is 10.0 Å². The third-order valence-electron chi connectivity index (χ3n) is 3.45. The van der Waals surface area contributed by atoms with E-state index in [1.54, 1.807) is 25.1 Å². The zero-order valence-corrected chi connectivity index (χ0v) is 11.9. The number of rotatable bonds is 3. The fourth-order valence-corrected chi connectivity index (χ4v) is 4.13. The first-order valence-corrected chi connectivity index (χ1v) is 7.87. The molecule has 0 amide bonds. The Kier molecular flexibility index (Phi) is 4.25. The van der Waals surface area contributed by atoms with Gasteiger partial charge in [0, 0.05) is 19.6 Å². The van der Waals surface area contributed by atoms with Gasteiger partial charge in [-0.25, -0.2) is 8.42 Å². The molecule has 1 atom stereocenters. The lowest BCUT2D eigenvalue weighted by Gasteiger charge is -2.29. The lowest BCUT2D eigenvalue weighted by atomic mass is 10.1. The molecule has 0 aromatic heterocycles. The predicted molar refractivity (Wildman–Crippen MR) is 73.1 cm³/mol. The third-order valence-corrected chi connectivity index (χ3v) is 5.48. The number of piperidine rings is 1. The first-order valence-electron chi connectivity index (χ1n) is 6.43. The van der Waals surface area contributed by atoms with Crippen LogP contribution >= 0.6 is 0 Å². The summed E-state index contributed by atoms with van der Waals surface area (Å²) < 4.78 is 26.4. The second kappa shape index (κ2) is 5.58. The Balaban J connectivity index is 2.33. The Labute approximate surface area is 114 Å². The molecule has 1 unspecified atom stereocenters. The van der Waals surface area contributed by atoms with Crippen LogP contribution in [0.3, 0.4) is 0 Å². The van der Waals surface area contributed by atoms with E-state index in [0.29, 0.717) is 36.4 Å². The van der Waals surface area contributed by atoms with Gasteiger partial charge in [0.1, 0.15) is 0 Å². The highest BCUT2D eigenvalue weighted by Gasteiger charge is 2.30. The summed E-state index contributed by atoms with van der Waals surface area (Å²) >= 11 is 0. The van der Waals surface area contributed by atoms with Crippen molar-refractivity contribution in [3.8, 4) is 0 Å². The molecule has 0 spiro atoms. The van der Waals surface area contributed by atoms with E-state index >= 15 is 0 Å². The van der Waals surface area contributed by atoms with E-state index in [0.717, 1.165) is 5.56 Å². The van der Waals surface area contributed by atoms with Gasteiger partial charge in [0.25, 0.3) is 0 Å². The summed E-state index contributed by atoms with van der Waals surface area (Å²) in [6.45, 7) is 2.81. The van der Waals surface area contributed by atoms with Crippen LogP contribution in [0.25, 0.3) is 0 Å². The van der Waals surface area contributed by atoms with Crippen molar-refractivity contribution in [2.45, 2.75) is 37.3 Å². The highest BCUT2D eigenvalue weighted by atomic mass is 32.2. The van der Waals surface area contributed by atoms with E-state index in [4.69, 9.17) is 5.73 Å². The number of β-amino-alcohol motifs (C(OH)–C–C–N with tert-alkyl or cyclic N) is 1. The molecule has 0 bridgehead atoms. The molecule has 1 heterocycles. The largest absolute Gasteiger partial charge is 0.392 e. The van der Waals surface area contributed by atoms with E-state index in [-0.39, 0.29) is 6.54 Å². The minimum Gasteiger partial charge on any atom is -0.392 e.